The second-order valence-electron chi connectivity index (χ2n) is 7.12. The zero-order valence-corrected chi connectivity index (χ0v) is 17.1. The number of aryl methyl sites for hydroxylation is 1. The second-order valence-corrected chi connectivity index (χ2v) is 8.73. The van der Waals surface area contributed by atoms with Crippen LogP contribution in [-0.2, 0) is 14.3 Å². The van der Waals surface area contributed by atoms with E-state index in [9.17, 15) is 8.42 Å². The van der Waals surface area contributed by atoms with Crippen molar-refractivity contribution in [1.29, 1.82) is 0 Å². The average molecular weight is 369 g/mol. The molecule has 0 aliphatic carbocycles. The van der Waals surface area contributed by atoms with Crippen LogP contribution in [0.3, 0.4) is 0 Å². The molecule has 0 amide bonds. The largest absolute Gasteiger partial charge is 0.296 e. The molecule has 0 heterocycles. The Kier molecular flexibility index (Phi) is 11.1. The van der Waals surface area contributed by atoms with Crippen LogP contribution in [0.2, 0.25) is 0 Å². The summed E-state index contributed by atoms with van der Waals surface area (Å²) < 4.78 is 30.2. The van der Waals surface area contributed by atoms with Gasteiger partial charge in [-0.1, -0.05) is 82.9 Å². The van der Waals surface area contributed by atoms with Crippen molar-refractivity contribution in [3.63, 3.8) is 0 Å². The van der Waals surface area contributed by atoms with E-state index >= 15 is 0 Å². The van der Waals surface area contributed by atoms with Crippen molar-refractivity contribution in [2.75, 3.05) is 6.61 Å². The normalized spacial score (nSPS) is 12.0. The number of hydrogen-bond acceptors (Lipinski definition) is 3. The average Bonchev–Trinajstić information content (AvgIpc) is 2.60. The van der Waals surface area contributed by atoms with E-state index in [0.717, 1.165) is 18.4 Å². The van der Waals surface area contributed by atoms with Gasteiger partial charge in [-0.15, -0.1) is 0 Å². The van der Waals surface area contributed by atoms with Gasteiger partial charge < -0.3 is 0 Å². The minimum absolute atomic E-state index is 0.258. The fourth-order valence-corrected chi connectivity index (χ4v) is 3.97. The molecule has 144 valence electrons. The van der Waals surface area contributed by atoms with Crippen molar-refractivity contribution in [2.45, 2.75) is 89.9 Å². The highest BCUT2D eigenvalue weighted by molar-refractivity contribution is 7.86. The molecule has 0 aromatic heterocycles. The van der Waals surface area contributed by atoms with Gasteiger partial charge in [-0.2, -0.15) is 8.42 Å². The Morgan fingerprint density at radius 3 is 1.84 bits per heavy atom. The highest BCUT2D eigenvalue weighted by Gasteiger charge is 2.18. The Balaban J connectivity index is 2.54. The van der Waals surface area contributed by atoms with E-state index in [1.165, 1.54) is 51.4 Å². The van der Waals surface area contributed by atoms with Crippen LogP contribution in [-0.4, -0.2) is 15.0 Å². The first-order valence-corrected chi connectivity index (χ1v) is 11.4. The molecule has 0 bridgehead atoms. The smallest absolute Gasteiger partial charge is 0.266 e. The first kappa shape index (κ1) is 22.2. The summed E-state index contributed by atoms with van der Waals surface area (Å²) >= 11 is 0. The van der Waals surface area contributed by atoms with Gasteiger partial charge >= 0.3 is 0 Å². The molecule has 0 aliphatic rings. The number of unbranched alkanes of at least 4 members (excludes halogenated alkanes) is 6. The third-order valence-electron chi connectivity index (χ3n) is 4.70. The van der Waals surface area contributed by atoms with Crippen molar-refractivity contribution < 1.29 is 12.6 Å². The summed E-state index contributed by atoms with van der Waals surface area (Å²) in [6, 6.07) is 6.87. The van der Waals surface area contributed by atoms with Gasteiger partial charge in [-0.3, -0.25) is 4.18 Å². The fourth-order valence-electron chi connectivity index (χ4n) is 2.99. The van der Waals surface area contributed by atoms with Gasteiger partial charge in [0.1, 0.15) is 0 Å². The molecule has 0 saturated carbocycles. The van der Waals surface area contributed by atoms with E-state index in [1.54, 1.807) is 12.1 Å². The molecule has 0 aliphatic heterocycles. The molecule has 0 radical (unpaired) electrons. The van der Waals surface area contributed by atoms with Crippen molar-refractivity contribution in [1.82, 2.24) is 0 Å². The van der Waals surface area contributed by atoms with Crippen molar-refractivity contribution >= 4 is 10.1 Å². The van der Waals surface area contributed by atoms with E-state index in [-0.39, 0.29) is 4.90 Å². The number of rotatable bonds is 14. The molecule has 0 unspecified atom stereocenters. The maximum absolute atomic E-state index is 12.4. The SMILES string of the molecule is CCCCCCC(CCCCCC)COS(=O)(=O)c1ccc(C)cc1. The van der Waals surface area contributed by atoms with Crippen molar-refractivity contribution in [3.8, 4) is 0 Å². The predicted molar refractivity (Wildman–Crippen MR) is 105 cm³/mol. The van der Waals surface area contributed by atoms with Crippen molar-refractivity contribution in [2.24, 2.45) is 5.92 Å². The lowest BCUT2D eigenvalue weighted by molar-refractivity contribution is 0.229. The minimum Gasteiger partial charge on any atom is -0.266 e. The molecule has 0 spiro atoms. The zero-order valence-electron chi connectivity index (χ0n) is 16.3. The van der Waals surface area contributed by atoms with Gasteiger partial charge in [-0.25, -0.2) is 0 Å². The highest BCUT2D eigenvalue weighted by atomic mass is 32.2. The van der Waals surface area contributed by atoms with Gasteiger partial charge in [0.05, 0.1) is 11.5 Å². The molecule has 25 heavy (non-hydrogen) atoms. The molecular formula is C21H36O3S. The van der Waals surface area contributed by atoms with Crippen LogP contribution in [0.4, 0.5) is 0 Å². The fraction of sp³-hybridized carbons (Fsp3) is 0.714. The maximum atomic E-state index is 12.4. The third-order valence-corrected chi connectivity index (χ3v) is 6.00. The summed E-state index contributed by atoms with van der Waals surface area (Å²) in [7, 11) is -3.64. The van der Waals surface area contributed by atoms with Crippen LogP contribution in [0.25, 0.3) is 0 Å². The van der Waals surface area contributed by atoms with Gasteiger partial charge in [0.25, 0.3) is 10.1 Å². The van der Waals surface area contributed by atoms with Gasteiger partial charge in [-0.05, 0) is 37.8 Å². The van der Waals surface area contributed by atoms with Gasteiger partial charge in [0, 0.05) is 0 Å². The van der Waals surface area contributed by atoms with E-state index < -0.39 is 10.1 Å². The Morgan fingerprint density at radius 2 is 1.36 bits per heavy atom. The lowest BCUT2D eigenvalue weighted by Gasteiger charge is -2.17. The molecule has 3 nitrogen and oxygen atoms in total. The Hall–Kier alpha value is -0.870. The summed E-state index contributed by atoms with van der Waals surface area (Å²) in [4.78, 5) is 0.258. The summed E-state index contributed by atoms with van der Waals surface area (Å²) in [5, 5.41) is 0. The summed E-state index contributed by atoms with van der Waals surface area (Å²) in [5.74, 6) is 0.342. The standard InChI is InChI=1S/C21H36O3S/c1-4-6-8-10-12-20(13-11-9-7-5-2)18-24-25(22,23)21-16-14-19(3)15-17-21/h14-17,20H,4-13,18H2,1-3H3. The first-order valence-electron chi connectivity index (χ1n) is 9.95. The monoisotopic (exact) mass is 368 g/mol. The van der Waals surface area contributed by atoms with Gasteiger partial charge in [0.15, 0.2) is 0 Å². The number of hydrogen-bond donors (Lipinski definition) is 0. The van der Waals surface area contributed by atoms with Crippen LogP contribution in [0.5, 0.6) is 0 Å². The molecule has 1 aromatic carbocycles. The Morgan fingerprint density at radius 1 is 0.840 bits per heavy atom. The summed E-state index contributed by atoms with van der Waals surface area (Å²) in [6.45, 7) is 6.67. The summed E-state index contributed by atoms with van der Waals surface area (Å²) in [6.07, 6.45) is 11.9. The van der Waals surface area contributed by atoms with Gasteiger partial charge in [0.2, 0.25) is 0 Å². The minimum atomic E-state index is -3.64. The Bertz CT molecular complexity index is 537. The lowest BCUT2D eigenvalue weighted by atomic mass is 9.95. The summed E-state index contributed by atoms with van der Waals surface area (Å²) in [5.41, 5.74) is 1.05. The molecule has 0 atom stereocenters. The topological polar surface area (TPSA) is 43.4 Å². The molecule has 1 rings (SSSR count). The van der Waals surface area contributed by atoms with E-state index in [0.29, 0.717) is 12.5 Å². The molecule has 0 N–H and O–H groups in total. The quantitative estimate of drug-likeness (QED) is 0.287. The van der Waals surface area contributed by atoms with E-state index in [1.807, 2.05) is 19.1 Å². The lowest BCUT2D eigenvalue weighted by Crippen LogP contribution is -2.15. The van der Waals surface area contributed by atoms with Crippen LogP contribution >= 0.6 is 0 Å². The first-order chi connectivity index (χ1) is 12.0. The van der Waals surface area contributed by atoms with Crippen LogP contribution in [0.1, 0.15) is 83.6 Å². The molecular weight excluding hydrogens is 332 g/mol. The molecule has 0 fully saturated rings. The highest BCUT2D eigenvalue weighted by Crippen LogP contribution is 2.21. The maximum Gasteiger partial charge on any atom is 0.296 e. The van der Waals surface area contributed by atoms with E-state index in [2.05, 4.69) is 13.8 Å². The van der Waals surface area contributed by atoms with E-state index in [4.69, 9.17) is 4.18 Å². The molecule has 4 heteroatoms. The molecule has 1 aromatic rings. The second kappa shape index (κ2) is 12.5. The third kappa shape index (κ3) is 9.41. The number of benzene rings is 1. The van der Waals surface area contributed by atoms with Crippen LogP contribution < -0.4 is 0 Å². The van der Waals surface area contributed by atoms with Crippen LogP contribution in [0.15, 0.2) is 29.2 Å². The molecule has 0 saturated heterocycles. The Labute approximate surface area is 155 Å². The predicted octanol–water partition coefficient (Wildman–Crippen LogP) is 6.26. The van der Waals surface area contributed by atoms with Crippen molar-refractivity contribution in [3.05, 3.63) is 29.8 Å². The van der Waals surface area contributed by atoms with Crippen LogP contribution in [0, 0.1) is 12.8 Å². The zero-order chi connectivity index (χ0) is 18.5.